The number of halogens is 1. The monoisotopic (exact) mass is 344 g/mol. The Hall–Kier alpha value is -1.54. The van der Waals surface area contributed by atoms with E-state index in [0.29, 0.717) is 5.56 Å². The maximum atomic E-state index is 14.6. The molecule has 0 heterocycles. The van der Waals surface area contributed by atoms with Crippen molar-refractivity contribution in [3.05, 3.63) is 76.9 Å². The highest BCUT2D eigenvalue weighted by atomic mass is 32.1. The summed E-state index contributed by atoms with van der Waals surface area (Å²) in [6.07, 6.45) is 10.2. The predicted octanol–water partition coefficient (Wildman–Crippen LogP) is 7.33. The fourth-order valence-electron chi connectivity index (χ4n) is 2.32. The van der Waals surface area contributed by atoms with Crippen LogP contribution in [0.3, 0.4) is 0 Å². The van der Waals surface area contributed by atoms with Crippen molar-refractivity contribution >= 4 is 18.2 Å². The fourth-order valence-corrected chi connectivity index (χ4v) is 2.50. The van der Waals surface area contributed by atoms with E-state index in [0.717, 1.165) is 35.1 Å². The zero-order valence-corrected chi connectivity index (χ0v) is 16.4. The Morgan fingerprint density at radius 1 is 1.25 bits per heavy atom. The van der Waals surface area contributed by atoms with Crippen molar-refractivity contribution in [1.82, 2.24) is 0 Å². The number of hydrogen-bond donors (Lipinski definition) is 1. The van der Waals surface area contributed by atoms with Crippen molar-refractivity contribution in [2.24, 2.45) is 0 Å². The van der Waals surface area contributed by atoms with Crippen LogP contribution in [0, 0.1) is 6.92 Å². The summed E-state index contributed by atoms with van der Waals surface area (Å²) in [7, 11) is 0. The quantitative estimate of drug-likeness (QED) is 0.299. The summed E-state index contributed by atoms with van der Waals surface area (Å²) in [5.74, 6) is 0. The van der Waals surface area contributed by atoms with Crippen LogP contribution in [0.4, 0.5) is 4.39 Å². The van der Waals surface area contributed by atoms with Crippen molar-refractivity contribution in [1.29, 1.82) is 0 Å². The van der Waals surface area contributed by atoms with Crippen LogP contribution >= 0.6 is 12.6 Å². The minimum Gasteiger partial charge on any atom is -0.227 e. The summed E-state index contributed by atoms with van der Waals surface area (Å²) in [6, 6.07) is 5.86. The van der Waals surface area contributed by atoms with E-state index in [-0.39, 0.29) is 0 Å². The molecule has 0 spiro atoms. The van der Waals surface area contributed by atoms with E-state index in [1.807, 2.05) is 44.2 Å². The van der Waals surface area contributed by atoms with Gasteiger partial charge in [-0.2, -0.15) is 0 Å². The van der Waals surface area contributed by atoms with Gasteiger partial charge in [0, 0.05) is 5.56 Å². The Morgan fingerprint density at radius 3 is 2.46 bits per heavy atom. The Labute approximate surface area is 152 Å². The lowest BCUT2D eigenvalue weighted by Crippen LogP contribution is -2.09. The maximum absolute atomic E-state index is 14.6. The molecule has 0 aliphatic carbocycles. The summed E-state index contributed by atoms with van der Waals surface area (Å²) in [6.45, 7) is 13.6. The average molecular weight is 345 g/mol. The van der Waals surface area contributed by atoms with Crippen molar-refractivity contribution in [3.8, 4) is 0 Å². The number of alkyl halides is 1. The summed E-state index contributed by atoms with van der Waals surface area (Å²) < 4.78 is 14.6. The van der Waals surface area contributed by atoms with Crippen LogP contribution in [-0.2, 0) is 5.00 Å². The molecule has 0 amide bonds. The smallest absolute Gasteiger partial charge is 0.176 e. The van der Waals surface area contributed by atoms with Gasteiger partial charge < -0.3 is 0 Å². The van der Waals surface area contributed by atoms with Crippen molar-refractivity contribution in [2.75, 3.05) is 0 Å². The third-order valence-electron chi connectivity index (χ3n) is 3.89. The third kappa shape index (κ3) is 6.52. The van der Waals surface area contributed by atoms with E-state index in [1.54, 1.807) is 0 Å². The molecule has 1 atom stereocenters. The van der Waals surface area contributed by atoms with Crippen molar-refractivity contribution in [3.63, 3.8) is 0 Å². The fraction of sp³-hybridized carbons (Fsp3) is 0.364. The second kappa shape index (κ2) is 9.08. The number of rotatable bonds is 7. The van der Waals surface area contributed by atoms with Crippen LogP contribution in [0.2, 0.25) is 0 Å². The second-order valence-electron chi connectivity index (χ2n) is 6.48. The third-order valence-corrected chi connectivity index (χ3v) is 4.13. The Kier molecular flexibility index (Phi) is 7.75. The molecular weight excluding hydrogens is 315 g/mol. The Balaban J connectivity index is 3.39. The van der Waals surface area contributed by atoms with E-state index >= 15 is 0 Å². The Morgan fingerprint density at radius 2 is 1.92 bits per heavy atom. The Bertz CT molecular complexity index is 670. The van der Waals surface area contributed by atoms with E-state index < -0.39 is 5.00 Å². The molecule has 24 heavy (non-hydrogen) atoms. The highest BCUT2D eigenvalue weighted by Crippen LogP contribution is 2.36. The van der Waals surface area contributed by atoms with Gasteiger partial charge in [0.05, 0.1) is 0 Å². The molecule has 0 aliphatic heterocycles. The molecule has 1 rings (SSSR count). The molecule has 1 aromatic carbocycles. The largest absolute Gasteiger partial charge is 0.227 e. The molecular formula is C22H29FS. The first kappa shape index (κ1) is 20.5. The van der Waals surface area contributed by atoms with Gasteiger partial charge in [0.25, 0.3) is 0 Å². The predicted molar refractivity (Wildman–Crippen MR) is 109 cm³/mol. The molecule has 0 aromatic heterocycles. The number of benzene rings is 1. The summed E-state index contributed by atoms with van der Waals surface area (Å²) in [5, 5.41) is -1.69. The lowest BCUT2D eigenvalue weighted by atomic mass is 9.93. The van der Waals surface area contributed by atoms with Crippen LogP contribution < -0.4 is 0 Å². The first-order chi connectivity index (χ1) is 11.1. The number of allylic oxidation sites excluding steroid dienone is 7. The van der Waals surface area contributed by atoms with Crippen LogP contribution in [-0.4, -0.2) is 0 Å². The molecule has 0 saturated carbocycles. The molecule has 0 radical (unpaired) electrons. The lowest BCUT2D eigenvalue weighted by Gasteiger charge is -2.20. The van der Waals surface area contributed by atoms with E-state index in [4.69, 9.17) is 0 Å². The van der Waals surface area contributed by atoms with Gasteiger partial charge in [-0.05, 0) is 51.7 Å². The molecule has 130 valence electrons. The SMILES string of the molecule is C=C(C)/C=C\C(=C/C/C=C(\C)CC)c1ccc(C)cc1C(C)(F)S. The van der Waals surface area contributed by atoms with Crippen LogP contribution in [0.1, 0.15) is 57.2 Å². The highest BCUT2D eigenvalue weighted by Gasteiger charge is 2.24. The number of thiol groups is 1. The van der Waals surface area contributed by atoms with Crippen molar-refractivity contribution < 1.29 is 4.39 Å². The van der Waals surface area contributed by atoms with Gasteiger partial charge in [-0.1, -0.05) is 72.7 Å². The molecule has 0 saturated heterocycles. The van der Waals surface area contributed by atoms with E-state index in [1.165, 1.54) is 12.5 Å². The molecule has 0 bridgehead atoms. The summed E-state index contributed by atoms with van der Waals surface area (Å²) >= 11 is 4.16. The first-order valence-electron chi connectivity index (χ1n) is 8.37. The zero-order valence-electron chi connectivity index (χ0n) is 15.5. The summed E-state index contributed by atoms with van der Waals surface area (Å²) in [4.78, 5) is 0. The van der Waals surface area contributed by atoms with Crippen molar-refractivity contribution in [2.45, 2.75) is 52.5 Å². The molecule has 1 unspecified atom stereocenters. The average Bonchev–Trinajstić information content (AvgIpc) is 2.49. The van der Waals surface area contributed by atoms with Gasteiger partial charge in [-0.3, -0.25) is 0 Å². The van der Waals surface area contributed by atoms with Gasteiger partial charge in [-0.25, -0.2) is 4.39 Å². The standard InChI is InChI=1S/C22H29FS/c1-7-17(4)9-8-10-19(13-11-16(2)3)20-14-12-18(5)15-21(20)22(6,23)24/h9-15,24H,2,7-8H2,1,3-6H3/b13-11-,17-9+,19-10+. The van der Waals surface area contributed by atoms with Crippen LogP contribution in [0.25, 0.3) is 5.57 Å². The number of hydrogen-bond acceptors (Lipinski definition) is 1. The van der Waals surface area contributed by atoms with Gasteiger partial charge in [-0.15, -0.1) is 12.6 Å². The molecule has 0 fully saturated rings. The molecule has 2 heteroatoms. The van der Waals surface area contributed by atoms with Gasteiger partial charge in [0.2, 0.25) is 0 Å². The van der Waals surface area contributed by atoms with E-state index in [9.17, 15) is 4.39 Å². The van der Waals surface area contributed by atoms with Crippen LogP contribution in [0.15, 0.2) is 60.2 Å². The lowest BCUT2D eigenvalue weighted by molar-refractivity contribution is 0.328. The van der Waals surface area contributed by atoms with Gasteiger partial charge in [0.15, 0.2) is 5.00 Å². The summed E-state index contributed by atoms with van der Waals surface area (Å²) in [5.41, 5.74) is 5.80. The maximum Gasteiger partial charge on any atom is 0.176 e. The molecule has 1 aromatic rings. The minimum absolute atomic E-state index is 0.597. The van der Waals surface area contributed by atoms with Gasteiger partial charge in [0.1, 0.15) is 0 Å². The second-order valence-corrected chi connectivity index (χ2v) is 7.32. The zero-order chi connectivity index (χ0) is 18.3. The van der Waals surface area contributed by atoms with Crippen LogP contribution in [0.5, 0.6) is 0 Å². The minimum atomic E-state index is -1.69. The van der Waals surface area contributed by atoms with Gasteiger partial charge >= 0.3 is 0 Å². The number of aryl methyl sites for hydroxylation is 1. The first-order valence-corrected chi connectivity index (χ1v) is 8.82. The highest BCUT2D eigenvalue weighted by molar-refractivity contribution is 7.81. The molecule has 0 aliphatic rings. The normalized spacial score (nSPS) is 15.6. The molecule has 0 N–H and O–H groups in total. The molecule has 0 nitrogen and oxygen atoms in total. The van der Waals surface area contributed by atoms with E-state index in [2.05, 4.69) is 45.2 Å². The topological polar surface area (TPSA) is 0 Å².